The van der Waals surface area contributed by atoms with Crippen LogP contribution in [0.25, 0.3) is 0 Å². The molecule has 1 heterocycles. The standard InChI is InChI=1S/C9H13N3O2S3/c1-7(11-8(15-2)5-12(13)14)17-6-9-10-3-4-16-9/h3-5,7,11H,6H2,1-2H3. The smallest absolute Gasteiger partial charge is 0.263 e. The zero-order chi connectivity index (χ0) is 12.7. The summed E-state index contributed by atoms with van der Waals surface area (Å²) in [5.41, 5.74) is 0. The number of rotatable bonds is 7. The van der Waals surface area contributed by atoms with Gasteiger partial charge in [-0.15, -0.1) is 34.9 Å². The van der Waals surface area contributed by atoms with Crippen LogP contribution in [0.3, 0.4) is 0 Å². The zero-order valence-electron chi connectivity index (χ0n) is 9.45. The summed E-state index contributed by atoms with van der Waals surface area (Å²) in [6, 6.07) is 0. The van der Waals surface area contributed by atoms with Crippen molar-refractivity contribution in [2.24, 2.45) is 0 Å². The van der Waals surface area contributed by atoms with E-state index >= 15 is 0 Å². The Kier molecular flexibility index (Phi) is 6.38. The van der Waals surface area contributed by atoms with Gasteiger partial charge in [-0.2, -0.15) is 0 Å². The van der Waals surface area contributed by atoms with E-state index in [1.807, 2.05) is 12.3 Å². The molecule has 1 aromatic heterocycles. The highest BCUT2D eigenvalue weighted by Crippen LogP contribution is 2.20. The van der Waals surface area contributed by atoms with Crippen LogP contribution in [-0.4, -0.2) is 21.5 Å². The monoisotopic (exact) mass is 291 g/mol. The first-order valence-electron chi connectivity index (χ1n) is 4.77. The first kappa shape index (κ1) is 14.3. The summed E-state index contributed by atoms with van der Waals surface area (Å²) >= 11 is 4.61. The highest BCUT2D eigenvalue weighted by molar-refractivity contribution is 8.02. The number of nitro groups is 1. The maximum Gasteiger partial charge on any atom is 0.263 e. The summed E-state index contributed by atoms with van der Waals surface area (Å²) in [7, 11) is 0. The molecule has 0 spiro atoms. The van der Waals surface area contributed by atoms with Gasteiger partial charge >= 0.3 is 0 Å². The normalized spacial score (nSPS) is 13.4. The van der Waals surface area contributed by atoms with Crippen molar-refractivity contribution in [1.29, 1.82) is 0 Å². The van der Waals surface area contributed by atoms with E-state index < -0.39 is 4.92 Å². The van der Waals surface area contributed by atoms with Crippen LogP contribution in [0.4, 0.5) is 0 Å². The number of thiazole rings is 1. The average molecular weight is 291 g/mol. The minimum atomic E-state index is -0.447. The van der Waals surface area contributed by atoms with E-state index in [4.69, 9.17) is 0 Å². The van der Waals surface area contributed by atoms with Gasteiger partial charge in [-0.1, -0.05) is 0 Å². The summed E-state index contributed by atoms with van der Waals surface area (Å²) in [6.45, 7) is 1.97. The van der Waals surface area contributed by atoms with Crippen LogP contribution in [0.5, 0.6) is 0 Å². The lowest BCUT2D eigenvalue weighted by atomic mass is 10.7. The van der Waals surface area contributed by atoms with Crippen molar-refractivity contribution in [3.63, 3.8) is 0 Å². The summed E-state index contributed by atoms with van der Waals surface area (Å²) < 4.78 is 0. The van der Waals surface area contributed by atoms with E-state index in [1.54, 1.807) is 35.6 Å². The quantitative estimate of drug-likeness (QED) is 0.473. The number of nitrogens with one attached hydrogen (secondary N) is 1. The maximum absolute atomic E-state index is 10.4. The van der Waals surface area contributed by atoms with E-state index in [9.17, 15) is 10.1 Å². The van der Waals surface area contributed by atoms with Crippen molar-refractivity contribution >= 4 is 34.9 Å². The molecule has 1 rings (SSSR count). The molecular formula is C9H13N3O2S3. The van der Waals surface area contributed by atoms with Gasteiger partial charge in [-0.05, 0) is 13.2 Å². The second-order valence-electron chi connectivity index (χ2n) is 3.01. The molecule has 5 nitrogen and oxygen atoms in total. The van der Waals surface area contributed by atoms with Gasteiger partial charge in [-0.25, -0.2) is 4.98 Å². The van der Waals surface area contributed by atoms with E-state index in [-0.39, 0.29) is 5.37 Å². The molecule has 94 valence electrons. The lowest BCUT2D eigenvalue weighted by Gasteiger charge is -2.13. The molecule has 0 saturated heterocycles. The van der Waals surface area contributed by atoms with Gasteiger partial charge in [0.25, 0.3) is 6.20 Å². The van der Waals surface area contributed by atoms with Crippen LogP contribution in [-0.2, 0) is 5.75 Å². The van der Waals surface area contributed by atoms with E-state index in [0.29, 0.717) is 5.03 Å². The molecule has 0 fully saturated rings. The number of nitrogens with zero attached hydrogens (tertiary/aromatic N) is 2. The molecule has 1 N–H and O–H groups in total. The minimum Gasteiger partial charge on any atom is -0.363 e. The zero-order valence-corrected chi connectivity index (χ0v) is 11.9. The Labute approximate surface area is 112 Å². The third kappa shape index (κ3) is 5.94. The second-order valence-corrected chi connectivity index (χ2v) is 6.16. The number of hydrogen-bond acceptors (Lipinski definition) is 7. The fraction of sp³-hybridized carbons (Fsp3) is 0.444. The van der Waals surface area contributed by atoms with Crippen LogP contribution < -0.4 is 5.32 Å². The van der Waals surface area contributed by atoms with E-state index in [2.05, 4.69) is 10.3 Å². The molecule has 1 unspecified atom stereocenters. The Morgan fingerprint density at radius 3 is 3.12 bits per heavy atom. The van der Waals surface area contributed by atoms with Gasteiger partial charge in [-0.3, -0.25) is 10.1 Å². The highest BCUT2D eigenvalue weighted by Gasteiger charge is 2.08. The topological polar surface area (TPSA) is 68.1 Å². The first-order valence-corrected chi connectivity index (χ1v) is 7.93. The molecule has 0 aliphatic heterocycles. The molecule has 0 aromatic carbocycles. The van der Waals surface area contributed by atoms with Gasteiger partial charge in [0.2, 0.25) is 0 Å². The predicted octanol–water partition coefficient (Wildman–Crippen LogP) is 2.75. The molecule has 0 radical (unpaired) electrons. The molecule has 1 aromatic rings. The van der Waals surface area contributed by atoms with Gasteiger partial charge in [0, 0.05) is 17.3 Å². The van der Waals surface area contributed by atoms with Gasteiger partial charge < -0.3 is 5.32 Å². The van der Waals surface area contributed by atoms with E-state index in [1.165, 1.54) is 11.8 Å². The summed E-state index contributed by atoms with van der Waals surface area (Å²) in [5, 5.41) is 17.1. The van der Waals surface area contributed by atoms with Crippen molar-refractivity contribution in [1.82, 2.24) is 10.3 Å². The molecule has 1 atom stereocenters. The number of aromatic nitrogens is 1. The Balaban J connectivity index is 2.37. The van der Waals surface area contributed by atoms with E-state index in [0.717, 1.165) is 17.0 Å². The first-order chi connectivity index (χ1) is 8.11. The Hall–Kier alpha value is -0.730. The lowest BCUT2D eigenvalue weighted by molar-refractivity contribution is -0.403. The summed E-state index contributed by atoms with van der Waals surface area (Å²) in [5.74, 6) is 0.811. The summed E-state index contributed by atoms with van der Waals surface area (Å²) in [4.78, 5) is 14.1. The second kappa shape index (κ2) is 7.57. The van der Waals surface area contributed by atoms with Crippen LogP contribution in [0.1, 0.15) is 11.9 Å². The van der Waals surface area contributed by atoms with Crippen molar-refractivity contribution in [2.75, 3.05) is 6.26 Å². The Bertz CT molecular complexity index is 381. The largest absolute Gasteiger partial charge is 0.363 e. The Morgan fingerprint density at radius 1 is 1.82 bits per heavy atom. The predicted molar refractivity (Wildman–Crippen MR) is 74.6 cm³/mol. The van der Waals surface area contributed by atoms with Crippen LogP contribution >= 0.6 is 34.9 Å². The third-order valence-electron chi connectivity index (χ3n) is 1.73. The Morgan fingerprint density at radius 2 is 2.59 bits per heavy atom. The van der Waals surface area contributed by atoms with Gasteiger partial charge in [0.05, 0.1) is 10.3 Å². The van der Waals surface area contributed by atoms with Crippen LogP contribution in [0, 0.1) is 10.1 Å². The lowest BCUT2D eigenvalue weighted by Crippen LogP contribution is -2.21. The molecule has 17 heavy (non-hydrogen) atoms. The fourth-order valence-electron chi connectivity index (χ4n) is 1.01. The molecular weight excluding hydrogens is 278 g/mol. The van der Waals surface area contributed by atoms with Crippen LogP contribution in [0.2, 0.25) is 0 Å². The third-order valence-corrected chi connectivity index (χ3v) is 4.41. The van der Waals surface area contributed by atoms with Crippen molar-refractivity contribution in [3.05, 3.63) is 37.9 Å². The number of hydrogen-bond donors (Lipinski definition) is 1. The molecule has 0 amide bonds. The molecule has 8 heteroatoms. The highest BCUT2D eigenvalue weighted by atomic mass is 32.2. The summed E-state index contributed by atoms with van der Waals surface area (Å²) in [6.07, 6.45) is 4.57. The average Bonchev–Trinajstić information content (AvgIpc) is 2.77. The molecule has 0 bridgehead atoms. The van der Waals surface area contributed by atoms with Crippen molar-refractivity contribution < 1.29 is 4.92 Å². The van der Waals surface area contributed by atoms with Gasteiger partial charge in [0.15, 0.2) is 0 Å². The molecule has 0 aliphatic carbocycles. The van der Waals surface area contributed by atoms with Crippen molar-refractivity contribution in [3.8, 4) is 0 Å². The fourth-order valence-corrected chi connectivity index (χ4v) is 3.12. The number of thioether (sulfide) groups is 2. The van der Waals surface area contributed by atoms with Gasteiger partial charge in [0.1, 0.15) is 10.0 Å². The molecule has 0 saturated carbocycles. The maximum atomic E-state index is 10.4. The van der Waals surface area contributed by atoms with Crippen LogP contribution in [0.15, 0.2) is 22.8 Å². The minimum absolute atomic E-state index is 0.109. The molecule has 0 aliphatic rings. The SMILES string of the molecule is CSC(=C[N+](=O)[O-])NC(C)SCc1nccs1. The van der Waals surface area contributed by atoms with Crippen molar-refractivity contribution in [2.45, 2.75) is 18.1 Å².